The largest absolute Gasteiger partial charge is 0.497 e. The number of amides is 1. The van der Waals surface area contributed by atoms with E-state index in [0.29, 0.717) is 47.2 Å². The van der Waals surface area contributed by atoms with Crippen LogP contribution in [0, 0.1) is 4.91 Å². The maximum Gasteiger partial charge on any atom is 0.222 e. The summed E-state index contributed by atoms with van der Waals surface area (Å²) < 4.78 is 5.43. The van der Waals surface area contributed by atoms with E-state index in [-0.39, 0.29) is 12.3 Å². The van der Waals surface area contributed by atoms with Crippen LogP contribution in [-0.4, -0.2) is 50.2 Å². The molecule has 0 aromatic heterocycles. The topological polar surface area (TPSA) is 135 Å². The summed E-state index contributed by atoms with van der Waals surface area (Å²) in [6.45, 7) is 2.61. The zero-order chi connectivity index (χ0) is 24.0. The summed E-state index contributed by atoms with van der Waals surface area (Å²) in [7, 11) is 1.57. The number of benzene rings is 2. The second-order valence-corrected chi connectivity index (χ2v) is 8.20. The van der Waals surface area contributed by atoms with Crippen LogP contribution in [0.1, 0.15) is 30.9 Å². The maximum atomic E-state index is 12.6. The van der Waals surface area contributed by atoms with Crippen molar-refractivity contribution < 1.29 is 9.53 Å². The van der Waals surface area contributed by atoms with Gasteiger partial charge in [-0.1, -0.05) is 23.7 Å². The van der Waals surface area contributed by atoms with Gasteiger partial charge in [0.05, 0.1) is 25.3 Å². The molecule has 10 heteroatoms. The molecule has 9 nitrogen and oxygen atoms in total. The van der Waals surface area contributed by atoms with Gasteiger partial charge < -0.3 is 26.4 Å². The molecule has 0 radical (unpaired) electrons. The second kappa shape index (κ2) is 11.2. The van der Waals surface area contributed by atoms with Gasteiger partial charge in [0.15, 0.2) is 6.17 Å². The molecule has 0 fully saturated rings. The molecule has 2 aromatic carbocycles. The van der Waals surface area contributed by atoms with E-state index in [1.54, 1.807) is 37.1 Å². The number of benzodiazepines with no additional fused rings is 1. The summed E-state index contributed by atoms with van der Waals surface area (Å²) in [4.78, 5) is 30.8. The second-order valence-electron chi connectivity index (χ2n) is 7.77. The van der Waals surface area contributed by atoms with E-state index in [1.165, 1.54) is 0 Å². The van der Waals surface area contributed by atoms with Gasteiger partial charge in [0, 0.05) is 28.4 Å². The molecular weight excluding hydrogens is 444 g/mol. The van der Waals surface area contributed by atoms with Gasteiger partial charge in [-0.05, 0) is 55.4 Å². The van der Waals surface area contributed by atoms with Crippen molar-refractivity contribution in [1.82, 2.24) is 5.32 Å². The van der Waals surface area contributed by atoms with Gasteiger partial charge in [-0.25, -0.2) is 0 Å². The van der Waals surface area contributed by atoms with Gasteiger partial charge in [-0.3, -0.25) is 9.79 Å². The first-order chi connectivity index (χ1) is 15.9. The highest BCUT2D eigenvalue weighted by molar-refractivity contribution is 6.30. The van der Waals surface area contributed by atoms with E-state index >= 15 is 0 Å². The number of methoxy groups -OCH3 is 1. The smallest absolute Gasteiger partial charge is 0.222 e. The average Bonchev–Trinajstić information content (AvgIpc) is 2.93. The van der Waals surface area contributed by atoms with Crippen LogP contribution in [0.2, 0.25) is 5.02 Å². The third kappa shape index (κ3) is 5.68. The number of nitrogens with zero attached hydrogens (tertiary/aromatic N) is 3. The number of nitroso groups, excluding NO2 is 1. The zero-order valence-corrected chi connectivity index (χ0v) is 19.5. The Labute approximate surface area is 198 Å². The lowest BCUT2D eigenvalue weighted by molar-refractivity contribution is -0.121. The zero-order valence-electron chi connectivity index (χ0n) is 18.7. The normalized spacial score (nSPS) is 18.6. The van der Waals surface area contributed by atoms with Gasteiger partial charge in [0.2, 0.25) is 5.91 Å². The fraction of sp³-hybridized carbons (Fsp3) is 0.391. The van der Waals surface area contributed by atoms with Crippen molar-refractivity contribution in [3.05, 3.63) is 63.5 Å². The third-order valence-electron chi connectivity index (χ3n) is 5.52. The van der Waals surface area contributed by atoms with Crippen LogP contribution in [0.25, 0.3) is 0 Å². The van der Waals surface area contributed by atoms with Gasteiger partial charge >= 0.3 is 0 Å². The van der Waals surface area contributed by atoms with Gasteiger partial charge in [0.25, 0.3) is 0 Å². The number of aliphatic imine (C=N–C) groups is 1. The van der Waals surface area contributed by atoms with Crippen LogP contribution in [-0.2, 0) is 4.79 Å². The number of ether oxygens (including phenoxy) is 1. The molecule has 1 heterocycles. The van der Waals surface area contributed by atoms with E-state index in [4.69, 9.17) is 32.8 Å². The first-order valence-corrected chi connectivity index (χ1v) is 11.1. The predicted octanol–water partition coefficient (Wildman–Crippen LogP) is 2.63. The van der Waals surface area contributed by atoms with Crippen LogP contribution in [0.4, 0.5) is 5.69 Å². The van der Waals surface area contributed by atoms with E-state index in [1.807, 2.05) is 24.3 Å². The van der Waals surface area contributed by atoms with Crippen LogP contribution in [0.5, 0.6) is 5.75 Å². The Morgan fingerprint density at radius 3 is 2.67 bits per heavy atom. The summed E-state index contributed by atoms with van der Waals surface area (Å²) in [5.74, 6) is 0.423. The van der Waals surface area contributed by atoms with E-state index in [2.05, 4.69) is 10.5 Å². The molecule has 1 aliphatic heterocycles. The van der Waals surface area contributed by atoms with Crippen LogP contribution in [0.3, 0.4) is 0 Å². The molecule has 176 valence electrons. The maximum absolute atomic E-state index is 12.6. The lowest BCUT2D eigenvalue weighted by Gasteiger charge is -2.35. The summed E-state index contributed by atoms with van der Waals surface area (Å²) in [6.07, 6.45) is -0.842. The standard InChI is InChI=1S/C23H29ClN6O3/c1-14(29-32)30-20-9-8-17(33-2)12-18(20)22(15-4-6-16(24)7-5-15)28-19(23(30)26)13-21(31)27-11-3-10-25/h4-9,12,14,19,23H,3,10-11,13,25-26H2,1-2H3,(H,27,31)/t14?,19-,23?/m0/s1. The number of carbonyl (C=O) groups excluding carboxylic acids is 1. The minimum Gasteiger partial charge on any atom is -0.497 e. The van der Waals surface area contributed by atoms with Crippen molar-refractivity contribution in [2.24, 2.45) is 21.6 Å². The fourth-order valence-corrected chi connectivity index (χ4v) is 3.94. The lowest BCUT2D eigenvalue weighted by Crippen LogP contribution is -2.53. The molecule has 0 saturated carbocycles. The SMILES string of the molecule is COc1ccc2c(c1)C(c1ccc(Cl)cc1)=N[C@@H](CC(=O)NCCCN)C(N)N2C(C)N=O. The van der Waals surface area contributed by atoms with Gasteiger partial charge in [-0.15, -0.1) is 4.91 Å². The number of fused-ring (bicyclic) bond motifs is 1. The van der Waals surface area contributed by atoms with Crippen molar-refractivity contribution in [2.75, 3.05) is 25.1 Å². The molecule has 2 aromatic rings. The average molecular weight is 473 g/mol. The first kappa shape index (κ1) is 24.6. The number of nitrogens with one attached hydrogen (secondary N) is 1. The van der Waals surface area contributed by atoms with E-state index < -0.39 is 18.4 Å². The summed E-state index contributed by atoms with van der Waals surface area (Å²) in [5.41, 5.74) is 14.9. The Bertz CT molecular complexity index is 1010. The molecule has 1 aliphatic rings. The quantitative estimate of drug-likeness (QED) is 0.379. The monoisotopic (exact) mass is 472 g/mol. The Morgan fingerprint density at radius 1 is 1.30 bits per heavy atom. The first-order valence-electron chi connectivity index (χ1n) is 10.7. The van der Waals surface area contributed by atoms with Crippen molar-refractivity contribution in [2.45, 2.75) is 38.1 Å². The Balaban J connectivity index is 2.14. The molecular formula is C23H29ClN6O3. The van der Waals surface area contributed by atoms with E-state index in [9.17, 15) is 9.70 Å². The number of nitrogens with two attached hydrogens (primary N) is 2. The Kier molecular flexibility index (Phi) is 8.37. The number of anilines is 1. The third-order valence-corrected chi connectivity index (χ3v) is 5.77. The minimum atomic E-state index is -0.783. The van der Waals surface area contributed by atoms with Crippen molar-refractivity contribution in [1.29, 1.82) is 0 Å². The number of hydrogen-bond acceptors (Lipinski definition) is 8. The summed E-state index contributed by atoms with van der Waals surface area (Å²) in [5, 5.41) is 6.65. The molecule has 1 amide bonds. The number of hydrogen-bond donors (Lipinski definition) is 3. The van der Waals surface area contributed by atoms with Gasteiger partial charge in [-0.2, -0.15) is 0 Å². The van der Waals surface area contributed by atoms with Crippen LogP contribution in [0.15, 0.2) is 52.6 Å². The van der Waals surface area contributed by atoms with Crippen LogP contribution >= 0.6 is 11.6 Å². The van der Waals surface area contributed by atoms with Crippen molar-refractivity contribution in [3.63, 3.8) is 0 Å². The summed E-state index contributed by atoms with van der Waals surface area (Å²) in [6, 6.07) is 12.1. The molecule has 0 aliphatic carbocycles. The Hall–Kier alpha value is -3.01. The van der Waals surface area contributed by atoms with Crippen LogP contribution < -0.4 is 26.4 Å². The highest BCUT2D eigenvalue weighted by Gasteiger charge is 2.35. The van der Waals surface area contributed by atoms with Gasteiger partial charge in [0.1, 0.15) is 11.9 Å². The highest BCUT2D eigenvalue weighted by Crippen LogP contribution is 2.35. The molecule has 0 spiro atoms. The van der Waals surface area contributed by atoms with Crippen molar-refractivity contribution >= 4 is 28.9 Å². The lowest BCUT2D eigenvalue weighted by atomic mass is 9.99. The molecule has 3 atom stereocenters. The molecule has 5 N–H and O–H groups in total. The van der Waals surface area contributed by atoms with E-state index in [0.717, 1.165) is 5.56 Å². The fourth-order valence-electron chi connectivity index (χ4n) is 3.81. The molecule has 0 bridgehead atoms. The summed E-state index contributed by atoms with van der Waals surface area (Å²) >= 11 is 6.10. The molecule has 3 rings (SSSR count). The Morgan fingerprint density at radius 2 is 2.03 bits per heavy atom. The molecule has 0 saturated heterocycles. The number of carbonyl (C=O) groups is 1. The highest BCUT2D eigenvalue weighted by atomic mass is 35.5. The molecule has 33 heavy (non-hydrogen) atoms. The molecule has 2 unspecified atom stereocenters. The van der Waals surface area contributed by atoms with Crippen molar-refractivity contribution in [3.8, 4) is 5.75 Å². The minimum absolute atomic E-state index is 0.0377. The predicted molar refractivity (Wildman–Crippen MR) is 131 cm³/mol. The number of halogens is 1. The number of rotatable bonds is 9.